The number of fused-ring (bicyclic) bond motifs is 3. The minimum Gasteiger partial charge on any atom is -0.0843 e. The van der Waals surface area contributed by atoms with Crippen LogP contribution in [0.15, 0.2) is 40.9 Å². The van der Waals surface area contributed by atoms with Crippen LogP contribution >= 0.6 is 27.5 Å². The molecule has 2 aromatic rings. The Kier molecular flexibility index (Phi) is 2.11. The lowest BCUT2D eigenvalue weighted by Crippen LogP contribution is -1.81. The predicted molar refractivity (Wildman–Crippen MR) is 67.4 cm³/mol. The van der Waals surface area contributed by atoms with Crippen LogP contribution in [0.4, 0.5) is 0 Å². The first-order valence-corrected chi connectivity index (χ1v) is 5.99. The first-order valence-electron chi connectivity index (χ1n) is 4.82. The lowest BCUT2D eigenvalue weighted by molar-refractivity contribution is 1.26. The molecule has 0 radical (unpaired) electrons. The van der Waals surface area contributed by atoms with Crippen molar-refractivity contribution >= 4 is 27.5 Å². The van der Waals surface area contributed by atoms with Crippen molar-refractivity contribution in [2.45, 2.75) is 6.42 Å². The van der Waals surface area contributed by atoms with Gasteiger partial charge in [0.25, 0.3) is 0 Å². The fourth-order valence-electron chi connectivity index (χ4n) is 2.19. The third-order valence-electron chi connectivity index (χ3n) is 2.80. The molecule has 0 atom stereocenters. The Hall–Kier alpha value is -0.790. The normalized spacial score (nSPS) is 12.4. The Bertz CT molecular complexity index is 546. The smallest absolute Gasteiger partial charge is 0.0420 e. The second-order valence-corrected chi connectivity index (χ2v) is 5.05. The Morgan fingerprint density at radius 3 is 2.73 bits per heavy atom. The maximum Gasteiger partial charge on any atom is 0.0420 e. The van der Waals surface area contributed by atoms with E-state index in [0.717, 1.165) is 15.9 Å². The lowest BCUT2D eigenvalue weighted by atomic mass is 10.1. The van der Waals surface area contributed by atoms with Gasteiger partial charge in [0.15, 0.2) is 0 Å². The molecule has 0 bridgehead atoms. The molecule has 0 fully saturated rings. The zero-order chi connectivity index (χ0) is 10.4. The zero-order valence-corrected chi connectivity index (χ0v) is 10.3. The molecule has 74 valence electrons. The van der Waals surface area contributed by atoms with Crippen molar-refractivity contribution in [3.63, 3.8) is 0 Å². The summed E-state index contributed by atoms with van der Waals surface area (Å²) in [6.07, 6.45) is 0.991. The molecule has 0 amide bonds. The van der Waals surface area contributed by atoms with Crippen LogP contribution in [0, 0.1) is 0 Å². The summed E-state index contributed by atoms with van der Waals surface area (Å²) in [7, 11) is 0. The van der Waals surface area contributed by atoms with Gasteiger partial charge < -0.3 is 0 Å². The Labute approximate surface area is 102 Å². The van der Waals surface area contributed by atoms with Crippen LogP contribution in [-0.2, 0) is 6.42 Å². The fourth-order valence-corrected chi connectivity index (χ4v) is 3.28. The zero-order valence-electron chi connectivity index (χ0n) is 7.93. The number of hydrogen-bond donors (Lipinski definition) is 0. The Balaban J connectivity index is 2.33. The number of hydrogen-bond acceptors (Lipinski definition) is 0. The molecule has 0 saturated heterocycles. The number of halogens is 2. The Morgan fingerprint density at radius 2 is 1.87 bits per heavy atom. The molecule has 0 spiro atoms. The molecule has 0 unspecified atom stereocenters. The van der Waals surface area contributed by atoms with Gasteiger partial charge in [-0.25, -0.2) is 0 Å². The predicted octanol–water partition coefficient (Wildman–Crippen LogP) is 4.67. The molecule has 2 heteroatoms. The molecular weight excluding hydrogens is 272 g/mol. The number of rotatable bonds is 0. The first kappa shape index (κ1) is 9.44. The van der Waals surface area contributed by atoms with Crippen LogP contribution in [-0.4, -0.2) is 0 Å². The molecule has 15 heavy (non-hydrogen) atoms. The minimum absolute atomic E-state index is 0.799. The molecule has 0 heterocycles. The van der Waals surface area contributed by atoms with E-state index < -0.39 is 0 Å². The second-order valence-electron chi connectivity index (χ2n) is 3.76. The van der Waals surface area contributed by atoms with Gasteiger partial charge in [0, 0.05) is 9.50 Å². The van der Waals surface area contributed by atoms with Gasteiger partial charge in [0.05, 0.1) is 0 Å². The van der Waals surface area contributed by atoms with Gasteiger partial charge in [-0.15, -0.1) is 0 Å². The van der Waals surface area contributed by atoms with Crippen molar-refractivity contribution in [1.82, 2.24) is 0 Å². The highest BCUT2D eigenvalue weighted by molar-refractivity contribution is 9.10. The van der Waals surface area contributed by atoms with Gasteiger partial charge >= 0.3 is 0 Å². The van der Waals surface area contributed by atoms with Crippen molar-refractivity contribution in [3.05, 3.63) is 57.0 Å². The van der Waals surface area contributed by atoms with E-state index in [1.807, 2.05) is 6.07 Å². The third-order valence-corrected chi connectivity index (χ3v) is 3.65. The quantitative estimate of drug-likeness (QED) is 0.561. The largest absolute Gasteiger partial charge is 0.0843 e. The highest BCUT2D eigenvalue weighted by Gasteiger charge is 2.20. The topological polar surface area (TPSA) is 0 Å². The van der Waals surface area contributed by atoms with Gasteiger partial charge in [-0.3, -0.25) is 0 Å². The third kappa shape index (κ3) is 1.42. The number of benzene rings is 2. The fraction of sp³-hybridized carbons (Fsp3) is 0.0769. The molecule has 0 saturated carbocycles. The van der Waals surface area contributed by atoms with E-state index in [1.54, 1.807) is 0 Å². The van der Waals surface area contributed by atoms with E-state index in [9.17, 15) is 0 Å². The summed E-state index contributed by atoms with van der Waals surface area (Å²) in [6, 6.07) is 12.5. The summed E-state index contributed by atoms with van der Waals surface area (Å²) in [5.41, 5.74) is 5.33. The summed E-state index contributed by atoms with van der Waals surface area (Å²) in [4.78, 5) is 0. The van der Waals surface area contributed by atoms with Crippen LogP contribution < -0.4 is 0 Å². The molecule has 1 aliphatic rings. The van der Waals surface area contributed by atoms with E-state index in [1.165, 1.54) is 22.3 Å². The molecule has 0 aliphatic heterocycles. The molecule has 3 rings (SSSR count). The highest BCUT2D eigenvalue weighted by Crippen LogP contribution is 2.42. The molecular formula is C13H8BrCl. The van der Waals surface area contributed by atoms with Crippen LogP contribution in [0.5, 0.6) is 0 Å². The average Bonchev–Trinajstić information content (AvgIpc) is 2.54. The van der Waals surface area contributed by atoms with Crippen LogP contribution in [0.3, 0.4) is 0 Å². The van der Waals surface area contributed by atoms with Gasteiger partial charge in [-0.05, 0) is 40.8 Å². The lowest BCUT2D eigenvalue weighted by Gasteiger charge is -2.04. The first-order chi connectivity index (χ1) is 7.25. The van der Waals surface area contributed by atoms with Crippen LogP contribution in [0.25, 0.3) is 11.1 Å². The highest BCUT2D eigenvalue weighted by atomic mass is 79.9. The van der Waals surface area contributed by atoms with Crippen molar-refractivity contribution in [1.29, 1.82) is 0 Å². The van der Waals surface area contributed by atoms with E-state index in [-0.39, 0.29) is 0 Å². The van der Waals surface area contributed by atoms with Gasteiger partial charge in [-0.1, -0.05) is 51.8 Å². The summed E-state index contributed by atoms with van der Waals surface area (Å²) in [6.45, 7) is 0. The summed E-state index contributed by atoms with van der Waals surface area (Å²) in [5.74, 6) is 0. The van der Waals surface area contributed by atoms with Gasteiger partial charge in [0.1, 0.15) is 0 Å². The molecule has 0 aromatic heterocycles. The summed E-state index contributed by atoms with van der Waals surface area (Å²) >= 11 is 9.63. The average molecular weight is 280 g/mol. The van der Waals surface area contributed by atoms with E-state index >= 15 is 0 Å². The molecule has 0 nitrogen and oxygen atoms in total. The SMILES string of the molecule is Clc1cc(Br)c2c(c1)Cc1ccccc1-2. The molecule has 2 aromatic carbocycles. The van der Waals surface area contributed by atoms with Crippen LogP contribution in [0.1, 0.15) is 11.1 Å². The minimum atomic E-state index is 0.799. The van der Waals surface area contributed by atoms with E-state index in [4.69, 9.17) is 11.6 Å². The maximum atomic E-state index is 6.04. The van der Waals surface area contributed by atoms with Crippen molar-refractivity contribution in [3.8, 4) is 11.1 Å². The monoisotopic (exact) mass is 278 g/mol. The Morgan fingerprint density at radius 1 is 1.07 bits per heavy atom. The van der Waals surface area contributed by atoms with Gasteiger partial charge in [-0.2, -0.15) is 0 Å². The van der Waals surface area contributed by atoms with Crippen molar-refractivity contribution < 1.29 is 0 Å². The molecule has 1 aliphatic carbocycles. The maximum absolute atomic E-state index is 6.04. The summed E-state index contributed by atoms with van der Waals surface area (Å²) in [5, 5.41) is 0.799. The van der Waals surface area contributed by atoms with Crippen molar-refractivity contribution in [2.24, 2.45) is 0 Å². The molecule has 0 N–H and O–H groups in total. The van der Waals surface area contributed by atoms with E-state index in [2.05, 4.69) is 46.3 Å². The second kappa shape index (κ2) is 3.36. The van der Waals surface area contributed by atoms with Gasteiger partial charge in [0.2, 0.25) is 0 Å². The standard InChI is InChI=1S/C13H8BrCl/c14-12-7-10(15)6-9-5-8-3-1-2-4-11(8)13(9)12/h1-4,6-7H,5H2. The summed E-state index contributed by atoms with van der Waals surface area (Å²) < 4.78 is 1.09. The van der Waals surface area contributed by atoms with Crippen molar-refractivity contribution in [2.75, 3.05) is 0 Å². The van der Waals surface area contributed by atoms with E-state index in [0.29, 0.717) is 0 Å². The van der Waals surface area contributed by atoms with Crippen LogP contribution in [0.2, 0.25) is 5.02 Å².